The van der Waals surface area contributed by atoms with Crippen molar-refractivity contribution in [3.63, 3.8) is 0 Å². The Kier molecular flexibility index (Phi) is 4.02. The number of aryl methyl sites for hydroxylation is 2. The molecular weight excluding hydrogens is 338 g/mol. The second-order valence-electron chi connectivity index (χ2n) is 7.62. The molecule has 0 amide bonds. The van der Waals surface area contributed by atoms with E-state index >= 15 is 0 Å². The fourth-order valence-electron chi connectivity index (χ4n) is 4.21. The van der Waals surface area contributed by atoms with Gasteiger partial charge >= 0.3 is 0 Å². The lowest BCUT2D eigenvalue weighted by Crippen LogP contribution is -2.09. The Morgan fingerprint density at radius 2 is 1.11 bits per heavy atom. The first-order valence-corrected chi connectivity index (χ1v) is 9.84. The fourth-order valence-corrected chi connectivity index (χ4v) is 4.21. The summed E-state index contributed by atoms with van der Waals surface area (Å²) in [6, 6.07) is 32.8. The zero-order valence-corrected chi connectivity index (χ0v) is 16.3. The van der Waals surface area contributed by atoms with E-state index in [0.29, 0.717) is 0 Å². The Labute approximate surface area is 166 Å². The number of nitrogens with zero attached hydrogens (tertiary/aromatic N) is 1. The number of hydrogen-bond donors (Lipinski definition) is 0. The third-order valence-electron chi connectivity index (χ3n) is 5.77. The summed E-state index contributed by atoms with van der Waals surface area (Å²) in [5, 5.41) is 0. The van der Waals surface area contributed by atoms with Crippen molar-refractivity contribution in [2.24, 2.45) is 0 Å². The Morgan fingerprint density at radius 1 is 0.536 bits per heavy atom. The molecule has 0 radical (unpaired) electrons. The molecule has 0 fully saturated rings. The van der Waals surface area contributed by atoms with Crippen LogP contribution in [0.5, 0.6) is 0 Å². The molecule has 1 aliphatic rings. The third-order valence-corrected chi connectivity index (χ3v) is 5.77. The van der Waals surface area contributed by atoms with E-state index in [4.69, 9.17) is 0 Å². The molecule has 1 nitrogen and oxygen atoms in total. The van der Waals surface area contributed by atoms with Crippen LogP contribution in [0.15, 0.2) is 91.0 Å². The van der Waals surface area contributed by atoms with Crippen LogP contribution in [0, 0.1) is 13.8 Å². The average molecular weight is 361 g/mol. The van der Waals surface area contributed by atoms with Crippen LogP contribution in [0.3, 0.4) is 0 Å². The predicted molar refractivity (Wildman–Crippen MR) is 119 cm³/mol. The van der Waals surface area contributed by atoms with Gasteiger partial charge in [0, 0.05) is 17.1 Å². The van der Waals surface area contributed by atoms with Gasteiger partial charge < -0.3 is 4.90 Å². The summed E-state index contributed by atoms with van der Waals surface area (Å²) < 4.78 is 0. The van der Waals surface area contributed by atoms with E-state index in [1.54, 1.807) is 0 Å². The molecule has 0 heterocycles. The minimum absolute atomic E-state index is 1.01. The standard InChI is InChI=1S/C27H23N/c1-19-15-21-17-22-18-25(13-14-26(22)27(21)16-20(19)2)28(23-9-5-3-6-10-23)24-11-7-4-8-12-24/h3-16,18H,17H2,1-2H3. The van der Waals surface area contributed by atoms with E-state index in [9.17, 15) is 0 Å². The summed E-state index contributed by atoms with van der Waals surface area (Å²) in [6.45, 7) is 4.41. The lowest BCUT2D eigenvalue weighted by Gasteiger charge is -2.26. The maximum absolute atomic E-state index is 2.36. The Bertz CT molecular complexity index is 1100. The summed E-state index contributed by atoms with van der Waals surface area (Å²) in [5.41, 5.74) is 11.9. The number of rotatable bonds is 3. The van der Waals surface area contributed by atoms with Crippen molar-refractivity contribution in [3.8, 4) is 11.1 Å². The predicted octanol–water partition coefficient (Wildman–Crippen LogP) is 7.34. The van der Waals surface area contributed by atoms with Crippen LogP contribution in [0.25, 0.3) is 11.1 Å². The average Bonchev–Trinajstić information content (AvgIpc) is 3.07. The molecule has 0 saturated carbocycles. The molecule has 4 aromatic rings. The molecule has 0 atom stereocenters. The van der Waals surface area contributed by atoms with Crippen LogP contribution in [-0.4, -0.2) is 0 Å². The van der Waals surface area contributed by atoms with Crippen molar-refractivity contribution in [3.05, 3.63) is 113 Å². The molecule has 5 rings (SSSR count). The first-order chi connectivity index (χ1) is 13.7. The molecule has 4 aromatic carbocycles. The molecule has 0 unspecified atom stereocenters. The van der Waals surface area contributed by atoms with Crippen LogP contribution >= 0.6 is 0 Å². The van der Waals surface area contributed by atoms with Gasteiger partial charge in [-0.1, -0.05) is 54.6 Å². The highest BCUT2D eigenvalue weighted by Crippen LogP contribution is 2.42. The smallest absolute Gasteiger partial charge is 0.0464 e. The first-order valence-electron chi connectivity index (χ1n) is 9.84. The van der Waals surface area contributed by atoms with Gasteiger partial charge in [0.15, 0.2) is 0 Å². The maximum Gasteiger partial charge on any atom is 0.0464 e. The van der Waals surface area contributed by atoms with E-state index in [-0.39, 0.29) is 0 Å². The molecule has 1 aliphatic carbocycles. The molecule has 28 heavy (non-hydrogen) atoms. The van der Waals surface area contributed by atoms with Gasteiger partial charge in [-0.15, -0.1) is 0 Å². The molecule has 0 spiro atoms. The van der Waals surface area contributed by atoms with Gasteiger partial charge in [-0.2, -0.15) is 0 Å². The summed E-state index contributed by atoms with van der Waals surface area (Å²) in [4.78, 5) is 2.33. The number of anilines is 3. The van der Waals surface area contributed by atoms with Crippen molar-refractivity contribution in [2.45, 2.75) is 20.3 Å². The minimum atomic E-state index is 1.01. The highest BCUT2D eigenvalue weighted by molar-refractivity contribution is 5.83. The maximum atomic E-state index is 2.36. The van der Waals surface area contributed by atoms with Crippen LogP contribution in [-0.2, 0) is 6.42 Å². The van der Waals surface area contributed by atoms with E-state index in [1.807, 2.05) is 0 Å². The van der Waals surface area contributed by atoms with Crippen LogP contribution in [0.1, 0.15) is 22.3 Å². The quantitative estimate of drug-likeness (QED) is 0.325. The number of fused-ring (bicyclic) bond motifs is 3. The van der Waals surface area contributed by atoms with E-state index in [0.717, 1.165) is 6.42 Å². The van der Waals surface area contributed by atoms with Crippen molar-refractivity contribution in [1.82, 2.24) is 0 Å². The van der Waals surface area contributed by atoms with Crippen LogP contribution in [0.2, 0.25) is 0 Å². The molecule has 0 N–H and O–H groups in total. The van der Waals surface area contributed by atoms with Gasteiger partial charge in [-0.3, -0.25) is 0 Å². The number of para-hydroxylation sites is 2. The monoisotopic (exact) mass is 361 g/mol. The van der Waals surface area contributed by atoms with Crippen molar-refractivity contribution in [2.75, 3.05) is 4.90 Å². The Morgan fingerprint density at radius 3 is 1.75 bits per heavy atom. The summed E-state index contributed by atoms with van der Waals surface area (Å²) in [5.74, 6) is 0. The van der Waals surface area contributed by atoms with Crippen molar-refractivity contribution < 1.29 is 0 Å². The highest BCUT2D eigenvalue weighted by atomic mass is 15.1. The normalized spacial score (nSPS) is 11.8. The van der Waals surface area contributed by atoms with Gasteiger partial charge in [0.05, 0.1) is 0 Å². The molecule has 136 valence electrons. The second-order valence-corrected chi connectivity index (χ2v) is 7.62. The van der Waals surface area contributed by atoms with E-state index in [1.165, 1.54) is 50.4 Å². The van der Waals surface area contributed by atoms with Crippen LogP contribution < -0.4 is 4.90 Å². The summed E-state index contributed by atoms with van der Waals surface area (Å²) in [6.07, 6.45) is 1.01. The van der Waals surface area contributed by atoms with E-state index in [2.05, 4.69) is 110 Å². The van der Waals surface area contributed by atoms with Crippen molar-refractivity contribution >= 4 is 17.1 Å². The van der Waals surface area contributed by atoms with Gasteiger partial charge in [-0.05, 0) is 90.0 Å². The molecule has 0 bridgehead atoms. The van der Waals surface area contributed by atoms with Gasteiger partial charge in [0.2, 0.25) is 0 Å². The second kappa shape index (κ2) is 6.69. The molecule has 1 heteroatoms. The lowest BCUT2D eigenvalue weighted by atomic mass is 9.99. The van der Waals surface area contributed by atoms with Gasteiger partial charge in [0.1, 0.15) is 0 Å². The van der Waals surface area contributed by atoms with Gasteiger partial charge in [-0.25, -0.2) is 0 Å². The number of hydrogen-bond acceptors (Lipinski definition) is 1. The zero-order valence-electron chi connectivity index (χ0n) is 16.3. The largest absolute Gasteiger partial charge is 0.310 e. The van der Waals surface area contributed by atoms with Crippen LogP contribution in [0.4, 0.5) is 17.1 Å². The summed E-state index contributed by atoms with van der Waals surface area (Å²) in [7, 11) is 0. The summed E-state index contributed by atoms with van der Waals surface area (Å²) >= 11 is 0. The van der Waals surface area contributed by atoms with E-state index < -0.39 is 0 Å². The lowest BCUT2D eigenvalue weighted by molar-refractivity contribution is 1.22. The Hall–Kier alpha value is -3.32. The fraction of sp³-hybridized carbons (Fsp3) is 0.111. The molecule has 0 saturated heterocycles. The van der Waals surface area contributed by atoms with Crippen molar-refractivity contribution in [1.29, 1.82) is 0 Å². The topological polar surface area (TPSA) is 3.24 Å². The zero-order chi connectivity index (χ0) is 19.1. The first kappa shape index (κ1) is 16.8. The number of benzene rings is 4. The molecular formula is C27H23N. The Balaban J connectivity index is 1.63. The third kappa shape index (κ3) is 2.80. The minimum Gasteiger partial charge on any atom is -0.310 e. The molecule has 0 aromatic heterocycles. The SMILES string of the molecule is Cc1cc2c(cc1C)-c1ccc(N(c3ccccc3)c3ccccc3)cc1C2. The molecule has 0 aliphatic heterocycles. The van der Waals surface area contributed by atoms with Gasteiger partial charge in [0.25, 0.3) is 0 Å². The highest BCUT2D eigenvalue weighted by Gasteiger charge is 2.21.